The van der Waals surface area contributed by atoms with E-state index >= 15 is 0 Å². The number of halogens is 1. The van der Waals surface area contributed by atoms with E-state index in [1.54, 1.807) is 0 Å². The molecule has 1 saturated heterocycles. The number of likely N-dealkylation sites (tertiary alicyclic amines) is 1. The van der Waals surface area contributed by atoms with E-state index < -0.39 is 0 Å². The van der Waals surface area contributed by atoms with Crippen LogP contribution in [0.1, 0.15) is 37.8 Å². The molecule has 1 fully saturated rings. The van der Waals surface area contributed by atoms with Gasteiger partial charge in [0.1, 0.15) is 0 Å². The van der Waals surface area contributed by atoms with E-state index in [4.69, 9.17) is 17.3 Å². The summed E-state index contributed by atoms with van der Waals surface area (Å²) in [5.41, 5.74) is 8.67. The summed E-state index contributed by atoms with van der Waals surface area (Å²) in [4.78, 5) is 7.09. The van der Waals surface area contributed by atoms with E-state index in [0.29, 0.717) is 0 Å². The minimum Gasteiger partial charge on any atom is -0.326 e. The first-order valence-electron chi connectivity index (χ1n) is 7.75. The Labute approximate surface area is 131 Å². The van der Waals surface area contributed by atoms with Crippen molar-refractivity contribution in [3.8, 4) is 0 Å². The fourth-order valence-corrected chi connectivity index (χ4v) is 3.68. The Balaban J connectivity index is 2.11. The average molecular weight is 304 g/mol. The van der Waals surface area contributed by atoms with Gasteiger partial charge in [-0.25, -0.2) is 0 Å². The Bertz CT molecular complexity index is 626. The molecule has 1 aromatic heterocycles. The maximum atomic E-state index is 6.46. The molecule has 1 aromatic carbocycles. The van der Waals surface area contributed by atoms with Crippen LogP contribution in [-0.2, 0) is 0 Å². The van der Waals surface area contributed by atoms with Crippen molar-refractivity contribution in [2.75, 3.05) is 13.1 Å². The molecule has 2 aromatic rings. The molecule has 2 N–H and O–H groups in total. The van der Waals surface area contributed by atoms with Crippen molar-refractivity contribution in [1.29, 1.82) is 0 Å². The third-order valence-electron chi connectivity index (χ3n) is 4.36. The molecule has 0 bridgehead atoms. The Morgan fingerprint density at radius 2 is 2.24 bits per heavy atom. The highest BCUT2D eigenvalue weighted by Crippen LogP contribution is 2.35. The SMILES string of the molecule is CCCN1CCCC(N)C1c1ccc(Cl)c2cccnc12. The number of hydrogen-bond donors (Lipinski definition) is 1. The highest BCUT2D eigenvalue weighted by molar-refractivity contribution is 6.35. The fourth-order valence-electron chi connectivity index (χ4n) is 3.46. The second-order valence-electron chi connectivity index (χ2n) is 5.82. The molecular weight excluding hydrogens is 282 g/mol. The highest BCUT2D eigenvalue weighted by Gasteiger charge is 2.31. The maximum Gasteiger partial charge on any atom is 0.0765 e. The molecule has 4 heteroatoms. The van der Waals surface area contributed by atoms with Crippen LogP contribution < -0.4 is 5.73 Å². The summed E-state index contributed by atoms with van der Waals surface area (Å²) in [5, 5.41) is 1.78. The van der Waals surface area contributed by atoms with Gasteiger partial charge in [0.25, 0.3) is 0 Å². The molecular formula is C17H22ClN3. The van der Waals surface area contributed by atoms with E-state index in [-0.39, 0.29) is 12.1 Å². The number of piperidine rings is 1. The molecule has 3 nitrogen and oxygen atoms in total. The van der Waals surface area contributed by atoms with Gasteiger partial charge in [-0.05, 0) is 56.1 Å². The predicted octanol–water partition coefficient (Wildman–Crippen LogP) is 3.76. The van der Waals surface area contributed by atoms with Crippen molar-refractivity contribution in [3.05, 3.63) is 41.0 Å². The van der Waals surface area contributed by atoms with E-state index in [9.17, 15) is 0 Å². The van der Waals surface area contributed by atoms with Crippen LogP contribution in [0.4, 0.5) is 0 Å². The number of benzene rings is 1. The molecule has 0 radical (unpaired) electrons. The first kappa shape index (κ1) is 14.8. The van der Waals surface area contributed by atoms with Gasteiger partial charge in [-0.3, -0.25) is 9.88 Å². The maximum absolute atomic E-state index is 6.46. The van der Waals surface area contributed by atoms with Crippen LogP contribution >= 0.6 is 11.6 Å². The molecule has 0 aliphatic carbocycles. The summed E-state index contributed by atoms with van der Waals surface area (Å²) >= 11 is 6.32. The van der Waals surface area contributed by atoms with Crippen LogP contribution in [0.2, 0.25) is 5.02 Å². The Morgan fingerprint density at radius 1 is 1.38 bits per heavy atom. The average Bonchev–Trinajstić information content (AvgIpc) is 2.50. The second-order valence-corrected chi connectivity index (χ2v) is 6.23. The van der Waals surface area contributed by atoms with Gasteiger partial charge >= 0.3 is 0 Å². The first-order valence-corrected chi connectivity index (χ1v) is 8.13. The molecule has 0 amide bonds. The van der Waals surface area contributed by atoms with Gasteiger partial charge in [0, 0.05) is 22.6 Å². The van der Waals surface area contributed by atoms with Crippen molar-refractivity contribution >= 4 is 22.5 Å². The van der Waals surface area contributed by atoms with Gasteiger partial charge in [0.05, 0.1) is 11.6 Å². The van der Waals surface area contributed by atoms with Gasteiger partial charge in [0.15, 0.2) is 0 Å². The van der Waals surface area contributed by atoms with E-state index in [1.165, 1.54) is 12.0 Å². The van der Waals surface area contributed by atoms with Crippen molar-refractivity contribution in [2.45, 2.75) is 38.3 Å². The first-order chi connectivity index (χ1) is 10.2. The minimum atomic E-state index is 0.164. The van der Waals surface area contributed by atoms with E-state index in [2.05, 4.69) is 22.9 Å². The molecule has 21 heavy (non-hydrogen) atoms. The number of pyridine rings is 1. The standard InChI is InChI=1S/C17H22ClN3/c1-2-10-21-11-4-6-15(19)17(21)13-7-8-14(18)12-5-3-9-20-16(12)13/h3,5,7-9,15,17H,2,4,6,10-11,19H2,1H3. The molecule has 2 atom stereocenters. The largest absolute Gasteiger partial charge is 0.326 e. The van der Waals surface area contributed by atoms with E-state index in [0.717, 1.165) is 41.9 Å². The smallest absolute Gasteiger partial charge is 0.0765 e. The quantitative estimate of drug-likeness (QED) is 0.938. The summed E-state index contributed by atoms with van der Waals surface area (Å²) in [7, 11) is 0. The van der Waals surface area contributed by atoms with Crippen molar-refractivity contribution in [3.63, 3.8) is 0 Å². The van der Waals surface area contributed by atoms with Gasteiger partial charge in [-0.15, -0.1) is 0 Å². The number of nitrogens with zero attached hydrogens (tertiary/aromatic N) is 2. The summed E-state index contributed by atoms with van der Waals surface area (Å²) < 4.78 is 0. The molecule has 112 valence electrons. The lowest BCUT2D eigenvalue weighted by Gasteiger charge is -2.40. The van der Waals surface area contributed by atoms with Crippen LogP contribution in [0.3, 0.4) is 0 Å². The molecule has 2 unspecified atom stereocenters. The molecule has 1 aliphatic rings. The van der Waals surface area contributed by atoms with Crippen LogP contribution in [-0.4, -0.2) is 29.0 Å². The highest BCUT2D eigenvalue weighted by atomic mass is 35.5. The molecule has 1 aliphatic heterocycles. The summed E-state index contributed by atoms with van der Waals surface area (Å²) in [5.74, 6) is 0. The van der Waals surface area contributed by atoms with Gasteiger partial charge in [-0.1, -0.05) is 24.6 Å². The third-order valence-corrected chi connectivity index (χ3v) is 4.69. The minimum absolute atomic E-state index is 0.164. The molecule has 0 saturated carbocycles. The normalized spacial score (nSPS) is 23.6. The number of fused-ring (bicyclic) bond motifs is 1. The zero-order valence-electron chi connectivity index (χ0n) is 12.4. The van der Waals surface area contributed by atoms with E-state index in [1.807, 2.05) is 24.4 Å². The lowest BCUT2D eigenvalue weighted by Crippen LogP contribution is -2.46. The van der Waals surface area contributed by atoms with Crippen molar-refractivity contribution in [1.82, 2.24) is 9.88 Å². The Hall–Kier alpha value is -1.16. The van der Waals surface area contributed by atoms with Crippen molar-refractivity contribution < 1.29 is 0 Å². The van der Waals surface area contributed by atoms with Crippen LogP contribution in [0.5, 0.6) is 0 Å². The topological polar surface area (TPSA) is 42.1 Å². The zero-order valence-corrected chi connectivity index (χ0v) is 13.2. The number of rotatable bonds is 3. The lowest BCUT2D eigenvalue weighted by atomic mass is 9.89. The summed E-state index contributed by atoms with van der Waals surface area (Å²) in [6, 6.07) is 8.46. The predicted molar refractivity (Wildman–Crippen MR) is 88.6 cm³/mol. The number of hydrogen-bond acceptors (Lipinski definition) is 3. The van der Waals surface area contributed by atoms with Crippen LogP contribution in [0.25, 0.3) is 10.9 Å². The molecule has 2 heterocycles. The fraction of sp³-hybridized carbons (Fsp3) is 0.471. The molecule has 3 rings (SSSR count). The third kappa shape index (κ3) is 2.78. The van der Waals surface area contributed by atoms with Crippen molar-refractivity contribution in [2.24, 2.45) is 5.73 Å². The number of aromatic nitrogens is 1. The summed E-state index contributed by atoms with van der Waals surface area (Å²) in [6.07, 6.45) is 5.22. The Kier molecular flexibility index (Phi) is 4.43. The molecule has 0 spiro atoms. The van der Waals surface area contributed by atoms with Gasteiger partial charge in [-0.2, -0.15) is 0 Å². The van der Waals surface area contributed by atoms with Gasteiger partial charge < -0.3 is 5.73 Å². The monoisotopic (exact) mass is 303 g/mol. The second kappa shape index (κ2) is 6.30. The summed E-state index contributed by atoms with van der Waals surface area (Å²) in [6.45, 7) is 4.41. The van der Waals surface area contributed by atoms with Crippen LogP contribution in [0.15, 0.2) is 30.5 Å². The lowest BCUT2D eigenvalue weighted by molar-refractivity contribution is 0.129. The van der Waals surface area contributed by atoms with Gasteiger partial charge in [0.2, 0.25) is 0 Å². The van der Waals surface area contributed by atoms with Crippen LogP contribution in [0, 0.1) is 0 Å². The number of nitrogens with two attached hydrogens (primary N) is 1. The zero-order chi connectivity index (χ0) is 14.8. The Morgan fingerprint density at radius 3 is 3.05 bits per heavy atom.